The molecule has 4 rings (SSSR count). The van der Waals surface area contributed by atoms with Gasteiger partial charge in [0, 0.05) is 39.1 Å². The Balaban J connectivity index is 1.92. The molecule has 2 heterocycles. The smallest absolute Gasteiger partial charge is 0.282 e. The maximum absolute atomic E-state index is 13.3. The number of rotatable bonds is 5. The van der Waals surface area contributed by atoms with Crippen molar-refractivity contribution >= 4 is 44.0 Å². The van der Waals surface area contributed by atoms with E-state index in [1.807, 2.05) is 30.3 Å². The Bertz CT molecular complexity index is 1320. The number of hydrogen-bond donors (Lipinski definition) is 0. The molecule has 154 valence electrons. The lowest BCUT2D eigenvalue weighted by atomic mass is 10.1. The summed E-state index contributed by atoms with van der Waals surface area (Å²) >= 11 is 3.45. The average molecular weight is 465 g/mol. The van der Waals surface area contributed by atoms with E-state index in [0.717, 1.165) is 27.4 Å². The van der Waals surface area contributed by atoms with Gasteiger partial charge in [-0.2, -0.15) is 9.78 Å². The molecular formula is C24H25BrN4O. The van der Waals surface area contributed by atoms with Crippen molar-refractivity contribution in [3.8, 4) is 0 Å². The zero-order valence-electron chi connectivity index (χ0n) is 17.6. The highest BCUT2D eigenvalue weighted by atomic mass is 79.9. The molecule has 1 atom stereocenters. The number of halogens is 1. The van der Waals surface area contributed by atoms with Crippen LogP contribution in [-0.2, 0) is 0 Å². The van der Waals surface area contributed by atoms with Gasteiger partial charge in [-0.15, -0.1) is 0 Å². The van der Waals surface area contributed by atoms with Crippen molar-refractivity contribution in [2.45, 2.75) is 46.1 Å². The predicted molar refractivity (Wildman–Crippen MR) is 128 cm³/mol. The van der Waals surface area contributed by atoms with Crippen molar-refractivity contribution in [2.24, 2.45) is 5.10 Å². The van der Waals surface area contributed by atoms with Crippen LogP contribution in [0.25, 0.3) is 21.8 Å². The van der Waals surface area contributed by atoms with E-state index < -0.39 is 0 Å². The minimum Gasteiger partial charge on any atom is -0.344 e. The third-order valence-corrected chi connectivity index (χ3v) is 6.02. The van der Waals surface area contributed by atoms with Crippen LogP contribution in [-0.4, -0.2) is 20.4 Å². The van der Waals surface area contributed by atoms with Crippen molar-refractivity contribution in [2.75, 3.05) is 0 Å². The zero-order valence-corrected chi connectivity index (χ0v) is 19.2. The number of para-hydroxylation sites is 1. The molecule has 0 spiro atoms. The molecule has 0 N–H and O–H groups in total. The fraction of sp³-hybridized carbons (Fsp3) is 0.292. The molecule has 0 saturated carbocycles. The number of aromatic nitrogens is 3. The second-order valence-electron chi connectivity index (χ2n) is 7.90. The summed E-state index contributed by atoms with van der Waals surface area (Å²) in [6.07, 6.45) is 4.74. The topological polar surface area (TPSA) is 52.2 Å². The summed E-state index contributed by atoms with van der Waals surface area (Å²) in [5, 5.41) is 6.30. The Hall–Kier alpha value is -2.73. The third kappa shape index (κ3) is 3.60. The van der Waals surface area contributed by atoms with Crippen LogP contribution in [0, 0.1) is 0 Å². The fourth-order valence-corrected chi connectivity index (χ4v) is 4.02. The number of benzene rings is 2. The second kappa shape index (κ2) is 8.19. The lowest BCUT2D eigenvalue weighted by molar-refractivity contribution is 0.613. The van der Waals surface area contributed by atoms with Crippen LogP contribution in [0.1, 0.15) is 57.5 Å². The maximum atomic E-state index is 13.3. The molecule has 0 aliphatic carbocycles. The minimum absolute atomic E-state index is 0.111. The van der Waals surface area contributed by atoms with Gasteiger partial charge >= 0.3 is 0 Å². The molecule has 0 aliphatic rings. The molecule has 2 aromatic carbocycles. The monoisotopic (exact) mass is 464 g/mol. The normalized spacial score (nSPS) is 13.1. The van der Waals surface area contributed by atoms with Gasteiger partial charge in [-0.05, 0) is 44.5 Å². The van der Waals surface area contributed by atoms with Gasteiger partial charge in [-0.1, -0.05) is 48.0 Å². The first-order chi connectivity index (χ1) is 14.4. The van der Waals surface area contributed by atoms with Gasteiger partial charge in [-0.25, -0.2) is 4.98 Å². The van der Waals surface area contributed by atoms with E-state index in [9.17, 15) is 4.79 Å². The highest BCUT2D eigenvalue weighted by molar-refractivity contribution is 9.10. The summed E-state index contributed by atoms with van der Waals surface area (Å²) < 4.78 is 4.54. The van der Waals surface area contributed by atoms with Crippen LogP contribution in [0.5, 0.6) is 0 Å². The molecule has 2 aromatic heterocycles. The van der Waals surface area contributed by atoms with Crippen LogP contribution < -0.4 is 5.56 Å². The lowest BCUT2D eigenvalue weighted by Crippen LogP contribution is -2.23. The SMILES string of the molecule is CC[C@H](C)c1nc2ccc(Br)cc2c(=O)n1N=Cc1cn(C(C)C)c2ccccc12. The molecule has 6 heteroatoms. The van der Waals surface area contributed by atoms with E-state index >= 15 is 0 Å². The molecule has 0 radical (unpaired) electrons. The van der Waals surface area contributed by atoms with Crippen LogP contribution in [0.2, 0.25) is 0 Å². The van der Waals surface area contributed by atoms with Crippen LogP contribution >= 0.6 is 15.9 Å². The molecule has 0 amide bonds. The summed E-state index contributed by atoms with van der Waals surface area (Å²) in [7, 11) is 0. The quantitative estimate of drug-likeness (QED) is 0.335. The summed E-state index contributed by atoms with van der Waals surface area (Å²) in [5.74, 6) is 0.793. The Labute approximate surface area is 184 Å². The van der Waals surface area contributed by atoms with E-state index in [4.69, 9.17) is 4.98 Å². The van der Waals surface area contributed by atoms with Gasteiger partial charge in [0.2, 0.25) is 0 Å². The molecule has 0 unspecified atom stereocenters. The first-order valence-corrected chi connectivity index (χ1v) is 11.1. The Kier molecular flexibility index (Phi) is 5.60. The van der Waals surface area contributed by atoms with E-state index in [1.54, 1.807) is 6.21 Å². The molecular weight excluding hydrogens is 440 g/mol. The predicted octanol–water partition coefficient (Wildman–Crippen LogP) is 6.09. The Morgan fingerprint density at radius 1 is 1.13 bits per heavy atom. The van der Waals surface area contributed by atoms with E-state index in [1.165, 1.54) is 4.68 Å². The summed E-state index contributed by atoms with van der Waals surface area (Å²) in [6.45, 7) is 8.48. The molecule has 0 saturated heterocycles. The third-order valence-electron chi connectivity index (χ3n) is 5.53. The molecule has 0 bridgehead atoms. The first-order valence-electron chi connectivity index (χ1n) is 10.3. The maximum Gasteiger partial charge on any atom is 0.282 e. The first kappa shape index (κ1) is 20.5. The lowest BCUT2D eigenvalue weighted by Gasteiger charge is -2.13. The zero-order chi connectivity index (χ0) is 21.4. The second-order valence-corrected chi connectivity index (χ2v) is 8.82. The van der Waals surface area contributed by atoms with Gasteiger partial charge in [0.25, 0.3) is 5.56 Å². The summed E-state index contributed by atoms with van der Waals surface area (Å²) in [6, 6.07) is 14.2. The van der Waals surface area contributed by atoms with Crippen molar-refractivity contribution in [1.29, 1.82) is 0 Å². The van der Waals surface area contributed by atoms with Crippen molar-refractivity contribution < 1.29 is 0 Å². The Morgan fingerprint density at radius 2 is 1.90 bits per heavy atom. The molecule has 30 heavy (non-hydrogen) atoms. The number of hydrogen-bond acceptors (Lipinski definition) is 3. The highest BCUT2D eigenvalue weighted by Crippen LogP contribution is 2.24. The van der Waals surface area contributed by atoms with Gasteiger partial charge < -0.3 is 4.57 Å². The van der Waals surface area contributed by atoms with Gasteiger partial charge in [-0.3, -0.25) is 4.79 Å². The van der Waals surface area contributed by atoms with Gasteiger partial charge in [0.15, 0.2) is 0 Å². The molecule has 5 nitrogen and oxygen atoms in total. The fourth-order valence-electron chi connectivity index (χ4n) is 3.66. The summed E-state index contributed by atoms with van der Waals surface area (Å²) in [5.41, 5.74) is 2.68. The molecule has 0 aliphatic heterocycles. The minimum atomic E-state index is -0.152. The molecule has 0 fully saturated rings. The largest absolute Gasteiger partial charge is 0.344 e. The van der Waals surface area contributed by atoms with Crippen molar-refractivity contribution in [3.63, 3.8) is 0 Å². The molecule has 4 aromatic rings. The van der Waals surface area contributed by atoms with Crippen LogP contribution in [0.3, 0.4) is 0 Å². The van der Waals surface area contributed by atoms with E-state index in [-0.39, 0.29) is 11.5 Å². The van der Waals surface area contributed by atoms with Gasteiger partial charge in [0.05, 0.1) is 17.1 Å². The number of nitrogens with zero attached hydrogens (tertiary/aromatic N) is 4. The van der Waals surface area contributed by atoms with Crippen LogP contribution in [0.15, 0.2) is 63.0 Å². The van der Waals surface area contributed by atoms with Gasteiger partial charge in [0.1, 0.15) is 5.82 Å². The van der Waals surface area contributed by atoms with Crippen LogP contribution in [0.4, 0.5) is 0 Å². The highest BCUT2D eigenvalue weighted by Gasteiger charge is 2.16. The van der Waals surface area contributed by atoms with Crippen molar-refractivity contribution in [1.82, 2.24) is 14.2 Å². The van der Waals surface area contributed by atoms with Crippen molar-refractivity contribution in [3.05, 3.63) is 74.9 Å². The number of fused-ring (bicyclic) bond motifs is 2. The summed E-state index contributed by atoms with van der Waals surface area (Å²) in [4.78, 5) is 18.1. The van der Waals surface area contributed by atoms with E-state index in [2.05, 4.69) is 71.6 Å². The average Bonchev–Trinajstić information content (AvgIpc) is 3.12. The standard InChI is InChI=1S/C24H25BrN4O/c1-5-16(4)23-27-21-11-10-18(25)12-20(21)24(30)29(23)26-13-17-14-28(15(2)3)22-9-7-6-8-19(17)22/h6-16H,5H2,1-4H3/t16-/m0/s1. The Morgan fingerprint density at radius 3 is 2.63 bits per heavy atom. The van der Waals surface area contributed by atoms with E-state index in [0.29, 0.717) is 22.8 Å².